The van der Waals surface area contributed by atoms with Gasteiger partial charge in [0.2, 0.25) is 0 Å². The number of carbonyl (C=O) groups is 2. The number of rotatable bonds is 5. The fourth-order valence-electron chi connectivity index (χ4n) is 2.08. The Morgan fingerprint density at radius 3 is 2.85 bits per heavy atom. The van der Waals surface area contributed by atoms with Gasteiger partial charge in [0, 0.05) is 13.3 Å². The lowest BCUT2D eigenvalue weighted by molar-refractivity contribution is -0.132. The third-order valence-electron chi connectivity index (χ3n) is 3.09. The lowest BCUT2D eigenvalue weighted by Gasteiger charge is -2.20. The fourth-order valence-corrected chi connectivity index (χ4v) is 2.08. The molecule has 0 aromatic carbocycles. The molecule has 2 rings (SSSR count). The molecule has 8 nitrogen and oxygen atoms in total. The van der Waals surface area contributed by atoms with Crippen molar-refractivity contribution in [3.05, 3.63) is 18.0 Å². The smallest absolute Gasteiger partial charge is 0.325 e. The third kappa shape index (κ3) is 2.48. The van der Waals surface area contributed by atoms with E-state index in [1.807, 2.05) is 6.07 Å². The number of imide groups is 1. The van der Waals surface area contributed by atoms with Crippen molar-refractivity contribution in [2.45, 2.75) is 19.0 Å². The van der Waals surface area contributed by atoms with Crippen molar-refractivity contribution in [3.63, 3.8) is 0 Å². The van der Waals surface area contributed by atoms with E-state index in [1.54, 1.807) is 13.1 Å². The van der Waals surface area contributed by atoms with Crippen LogP contribution in [0.4, 0.5) is 4.79 Å². The summed E-state index contributed by atoms with van der Waals surface area (Å²) in [5.74, 6) is -0.322. The van der Waals surface area contributed by atoms with Crippen molar-refractivity contribution in [1.82, 2.24) is 20.0 Å². The van der Waals surface area contributed by atoms with E-state index in [4.69, 9.17) is 10.00 Å². The number of methoxy groups -OCH3 is 1. The monoisotopic (exact) mass is 277 g/mol. The molecule has 0 radical (unpaired) electrons. The predicted molar refractivity (Wildman–Crippen MR) is 67.5 cm³/mol. The van der Waals surface area contributed by atoms with Crippen LogP contribution in [0.1, 0.15) is 12.5 Å². The molecular weight excluding hydrogens is 262 g/mol. The summed E-state index contributed by atoms with van der Waals surface area (Å²) in [4.78, 5) is 25.1. The van der Waals surface area contributed by atoms with Crippen LogP contribution in [0, 0.1) is 11.3 Å². The summed E-state index contributed by atoms with van der Waals surface area (Å²) in [7, 11) is 1.47. The van der Waals surface area contributed by atoms with Crippen LogP contribution < -0.4 is 5.32 Å². The van der Waals surface area contributed by atoms with Crippen molar-refractivity contribution in [2.24, 2.45) is 0 Å². The number of amides is 3. The lowest BCUT2D eigenvalue weighted by atomic mass is 10.0. The predicted octanol–water partition coefficient (Wildman–Crippen LogP) is -0.288. The van der Waals surface area contributed by atoms with Gasteiger partial charge in [-0.2, -0.15) is 10.4 Å². The van der Waals surface area contributed by atoms with Crippen molar-refractivity contribution in [1.29, 1.82) is 5.26 Å². The minimum Gasteiger partial charge on any atom is -0.382 e. The number of nitrogens with zero attached hydrogens (tertiary/aromatic N) is 4. The molecule has 1 fully saturated rings. The number of nitriles is 1. The number of aromatic nitrogens is 2. The molecular formula is C12H15N5O3. The van der Waals surface area contributed by atoms with E-state index in [-0.39, 0.29) is 19.1 Å². The van der Waals surface area contributed by atoms with Crippen LogP contribution in [-0.4, -0.2) is 52.4 Å². The van der Waals surface area contributed by atoms with Crippen LogP contribution in [0.3, 0.4) is 0 Å². The molecule has 2 heterocycles. The van der Waals surface area contributed by atoms with Gasteiger partial charge >= 0.3 is 6.03 Å². The SMILES string of the molecule is COCC1(C)NC(=O)N(CCn2cc(C#N)cn2)C1=O. The molecule has 1 saturated heterocycles. The highest BCUT2D eigenvalue weighted by molar-refractivity contribution is 6.06. The molecule has 0 saturated carbocycles. The molecule has 1 atom stereocenters. The molecule has 1 N–H and O–H groups in total. The number of ether oxygens (including phenoxy) is 1. The molecule has 1 aromatic heterocycles. The van der Waals surface area contributed by atoms with Gasteiger partial charge in [-0.3, -0.25) is 14.4 Å². The van der Waals surface area contributed by atoms with Gasteiger partial charge in [-0.15, -0.1) is 0 Å². The lowest BCUT2D eigenvalue weighted by Crippen LogP contribution is -2.48. The molecule has 0 aliphatic carbocycles. The summed E-state index contributed by atoms with van der Waals surface area (Å²) in [6.07, 6.45) is 2.99. The maximum atomic E-state index is 12.2. The van der Waals surface area contributed by atoms with Gasteiger partial charge in [0.25, 0.3) is 5.91 Å². The summed E-state index contributed by atoms with van der Waals surface area (Å²) in [5.41, 5.74) is -0.584. The van der Waals surface area contributed by atoms with E-state index in [1.165, 1.54) is 18.0 Å². The second-order valence-corrected chi connectivity index (χ2v) is 4.76. The average molecular weight is 277 g/mol. The Hall–Kier alpha value is -2.40. The van der Waals surface area contributed by atoms with E-state index >= 15 is 0 Å². The zero-order valence-corrected chi connectivity index (χ0v) is 11.3. The minimum atomic E-state index is -1.02. The number of urea groups is 1. The van der Waals surface area contributed by atoms with Crippen molar-refractivity contribution >= 4 is 11.9 Å². The Morgan fingerprint density at radius 1 is 1.50 bits per heavy atom. The Kier molecular flexibility index (Phi) is 3.72. The normalized spacial score (nSPS) is 21.9. The first-order valence-electron chi connectivity index (χ1n) is 6.06. The molecule has 20 heavy (non-hydrogen) atoms. The molecule has 1 unspecified atom stereocenters. The first-order chi connectivity index (χ1) is 9.50. The van der Waals surface area contributed by atoms with Gasteiger partial charge in [0.05, 0.1) is 31.5 Å². The number of carbonyl (C=O) groups excluding carboxylic acids is 2. The fraction of sp³-hybridized carbons (Fsp3) is 0.500. The van der Waals surface area contributed by atoms with Crippen LogP contribution in [0.15, 0.2) is 12.4 Å². The minimum absolute atomic E-state index is 0.119. The number of hydrogen-bond acceptors (Lipinski definition) is 5. The second kappa shape index (κ2) is 5.30. The van der Waals surface area contributed by atoms with E-state index in [0.717, 1.165) is 4.90 Å². The summed E-state index contributed by atoms with van der Waals surface area (Å²) >= 11 is 0. The summed E-state index contributed by atoms with van der Waals surface area (Å²) < 4.78 is 6.48. The highest BCUT2D eigenvalue weighted by Crippen LogP contribution is 2.17. The maximum absolute atomic E-state index is 12.2. The van der Waals surface area contributed by atoms with E-state index in [0.29, 0.717) is 12.1 Å². The summed E-state index contributed by atoms with van der Waals surface area (Å²) in [6, 6.07) is 1.52. The van der Waals surface area contributed by atoms with E-state index < -0.39 is 11.6 Å². The Bertz CT molecular complexity index is 576. The maximum Gasteiger partial charge on any atom is 0.325 e. The zero-order chi connectivity index (χ0) is 14.8. The van der Waals surface area contributed by atoms with Gasteiger partial charge in [-0.05, 0) is 6.92 Å². The van der Waals surface area contributed by atoms with Gasteiger partial charge in [-0.1, -0.05) is 0 Å². The number of nitrogens with one attached hydrogen (secondary N) is 1. The highest BCUT2D eigenvalue weighted by Gasteiger charge is 2.47. The average Bonchev–Trinajstić information content (AvgIpc) is 2.93. The third-order valence-corrected chi connectivity index (χ3v) is 3.09. The first-order valence-corrected chi connectivity index (χ1v) is 6.06. The van der Waals surface area contributed by atoms with Crippen LogP contribution >= 0.6 is 0 Å². The largest absolute Gasteiger partial charge is 0.382 e. The van der Waals surface area contributed by atoms with Crippen molar-refractivity contribution in [3.8, 4) is 6.07 Å². The zero-order valence-electron chi connectivity index (χ0n) is 11.3. The van der Waals surface area contributed by atoms with Crippen molar-refractivity contribution < 1.29 is 14.3 Å². The van der Waals surface area contributed by atoms with Gasteiger partial charge in [0.1, 0.15) is 11.6 Å². The van der Waals surface area contributed by atoms with Crippen molar-refractivity contribution in [2.75, 3.05) is 20.3 Å². The molecule has 0 bridgehead atoms. The highest BCUT2D eigenvalue weighted by atomic mass is 16.5. The standard InChI is InChI=1S/C12H15N5O3/c1-12(8-20-2)10(18)17(11(19)15-12)4-3-16-7-9(5-13)6-14-16/h6-7H,3-4,8H2,1-2H3,(H,15,19). The second-order valence-electron chi connectivity index (χ2n) is 4.76. The Labute approximate surface area is 115 Å². The molecule has 8 heteroatoms. The van der Waals surface area contributed by atoms with Crippen LogP contribution in [-0.2, 0) is 16.1 Å². The number of hydrogen-bond donors (Lipinski definition) is 1. The first kappa shape index (κ1) is 14.0. The molecule has 106 valence electrons. The van der Waals surface area contributed by atoms with Crippen LogP contribution in [0.25, 0.3) is 0 Å². The molecule has 1 aromatic rings. The Morgan fingerprint density at radius 2 is 2.25 bits per heavy atom. The van der Waals surface area contributed by atoms with Gasteiger partial charge in [-0.25, -0.2) is 4.79 Å². The molecule has 1 aliphatic heterocycles. The molecule has 3 amide bonds. The molecule has 1 aliphatic rings. The van der Waals surface area contributed by atoms with Gasteiger partial charge < -0.3 is 10.1 Å². The van der Waals surface area contributed by atoms with E-state index in [9.17, 15) is 9.59 Å². The summed E-state index contributed by atoms with van der Waals surface area (Å²) in [5, 5.41) is 15.3. The topological polar surface area (TPSA) is 100 Å². The molecule has 0 spiro atoms. The van der Waals surface area contributed by atoms with Crippen LogP contribution in [0.2, 0.25) is 0 Å². The Balaban J connectivity index is 2.01. The summed E-state index contributed by atoms with van der Waals surface area (Å²) in [6.45, 7) is 2.27. The quantitative estimate of drug-likeness (QED) is 0.745. The van der Waals surface area contributed by atoms with E-state index in [2.05, 4.69) is 10.4 Å². The van der Waals surface area contributed by atoms with Crippen LogP contribution in [0.5, 0.6) is 0 Å². The van der Waals surface area contributed by atoms with Gasteiger partial charge in [0.15, 0.2) is 0 Å².